The summed E-state index contributed by atoms with van der Waals surface area (Å²) in [6.45, 7) is 5.17. The number of benzene rings is 2. The van der Waals surface area contributed by atoms with Crippen LogP contribution in [0.15, 0.2) is 36.4 Å². The van der Waals surface area contributed by atoms with E-state index in [1.165, 1.54) is 68.1 Å². The van der Waals surface area contributed by atoms with Crippen LogP contribution in [0.3, 0.4) is 0 Å². The first-order valence-electron chi connectivity index (χ1n) is 12.8. The van der Waals surface area contributed by atoms with Crippen molar-refractivity contribution in [1.29, 1.82) is 0 Å². The molecule has 0 heterocycles. The monoisotopic (exact) mass is 474 g/mol. The number of aryl methyl sites for hydroxylation is 2. The predicted octanol–water partition coefficient (Wildman–Crippen LogP) is 9.81. The Bertz CT molecular complexity index is 824. The van der Waals surface area contributed by atoms with E-state index in [-0.39, 0.29) is 0 Å². The van der Waals surface area contributed by atoms with Gasteiger partial charge in [0.1, 0.15) is 5.75 Å². The first-order valence-corrected chi connectivity index (χ1v) is 13.6. The molecule has 0 amide bonds. The smallest absolute Gasteiger partial charge is 0.137 e. The van der Waals surface area contributed by atoms with E-state index in [2.05, 4.69) is 38.1 Å². The van der Waals surface area contributed by atoms with E-state index in [4.69, 9.17) is 27.9 Å². The van der Waals surface area contributed by atoms with Gasteiger partial charge in [-0.05, 0) is 91.7 Å². The summed E-state index contributed by atoms with van der Waals surface area (Å²) in [6, 6.07) is 12.9. The van der Waals surface area contributed by atoms with Crippen LogP contribution in [-0.2, 0) is 12.8 Å². The van der Waals surface area contributed by atoms with Crippen LogP contribution < -0.4 is 4.74 Å². The highest BCUT2D eigenvalue weighted by molar-refractivity contribution is 6.32. The molecule has 1 saturated carbocycles. The van der Waals surface area contributed by atoms with Crippen molar-refractivity contribution in [3.05, 3.63) is 63.1 Å². The van der Waals surface area contributed by atoms with Gasteiger partial charge in [-0.15, -0.1) is 0 Å². The van der Waals surface area contributed by atoms with Crippen LogP contribution in [0.25, 0.3) is 0 Å². The second-order valence-corrected chi connectivity index (χ2v) is 10.3. The number of halogens is 2. The van der Waals surface area contributed by atoms with Crippen molar-refractivity contribution in [3.63, 3.8) is 0 Å². The van der Waals surface area contributed by atoms with E-state index in [9.17, 15) is 0 Å². The predicted molar refractivity (Wildman–Crippen MR) is 140 cm³/mol. The molecule has 3 heteroatoms. The van der Waals surface area contributed by atoms with Gasteiger partial charge in [0.05, 0.1) is 11.6 Å². The lowest BCUT2D eigenvalue weighted by Gasteiger charge is -2.29. The lowest BCUT2D eigenvalue weighted by molar-refractivity contribution is 0.303. The van der Waals surface area contributed by atoms with Gasteiger partial charge in [-0.3, -0.25) is 0 Å². The fraction of sp³-hybridized carbons (Fsp3) is 0.586. The molecule has 176 valence electrons. The Morgan fingerprint density at radius 3 is 2.28 bits per heavy atom. The lowest BCUT2D eigenvalue weighted by Crippen LogP contribution is -2.13. The molecule has 2 aromatic rings. The molecule has 1 nitrogen and oxygen atoms in total. The minimum Gasteiger partial charge on any atom is -0.492 e. The van der Waals surface area contributed by atoms with Gasteiger partial charge >= 0.3 is 0 Å². The van der Waals surface area contributed by atoms with Crippen molar-refractivity contribution in [2.75, 3.05) is 6.61 Å². The van der Waals surface area contributed by atoms with E-state index < -0.39 is 0 Å². The quantitative estimate of drug-likeness (QED) is 0.278. The molecule has 0 aliphatic heterocycles. The maximum Gasteiger partial charge on any atom is 0.137 e. The molecule has 0 bridgehead atoms. The van der Waals surface area contributed by atoms with Crippen molar-refractivity contribution in [2.24, 2.45) is 5.92 Å². The summed E-state index contributed by atoms with van der Waals surface area (Å²) in [7, 11) is 0. The van der Waals surface area contributed by atoms with Gasteiger partial charge in [0.15, 0.2) is 0 Å². The highest BCUT2D eigenvalue weighted by atomic mass is 35.5. The van der Waals surface area contributed by atoms with Crippen molar-refractivity contribution < 1.29 is 4.74 Å². The molecule has 2 aromatic carbocycles. The topological polar surface area (TPSA) is 9.23 Å². The maximum absolute atomic E-state index is 6.71. The Labute approximate surface area is 205 Å². The Morgan fingerprint density at radius 1 is 0.812 bits per heavy atom. The zero-order valence-corrected chi connectivity index (χ0v) is 21.5. The van der Waals surface area contributed by atoms with Crippen LogP contribution in [0.1, 0.15) is 101 Å². The Morgan fingerprint density at radius 2 is 1.59 bits per heavy atom. The number of hydrogen-bond donors (Lipinski definition) is 0. The standard InChI is InChI=1S/C29H40Cl2O/c1-3-5-7-8-22-9-13-24(14-10-22)26-17-16-25(27(30)21-26)15-11-23-12-18-29(28(31)20-23)32-19-6-4-2/h12,16-18,20-22,24H,3-11,13-15,19H2,1-2H3. The molecule has 0 spiro atoms. The normalized spacial score (nSPS) is 18.6. The molecule has 0 aromatic heterocycles. The van der Waals surface area contributed by atoms with Gasteiger partial charge in [-0.2, -0.15) is 0 Å². The molecule has 0 radical (unpaired) electrons. The van der Waals surface area contributed by atoms with Gasteiger partial charge in [0, 0.05) is 5.02 Å². The van der Waals surface area contributed by atoms with E-state index in [0.29, 0.717) is 10.9 Å². The van der Waals surface area contributed by atoms with Gasteiger partial charge in [0.2, 0.25) is 0 Å². The molecule has 0 saturated heterocycles. The molecule has 1 aliphatic rings. The second kappa shape index (κ2) is 13.5. The van der Waals surface area contributed by atoms with E-state index >= 15 is 0 Å². The van der Waals surface area contributed by atoms with E-state index in [1.807, 2.05) is 12.1 Å². The SMILES string of the molecule is CCCCCC1CCC(c2ccc(CCc3ccc(OCCCC)c(Cl)c3)c(Cl)c2)CC1. The van der Waals surface area contributed by atoms with Gasteiger partial charge < -0.3 is 4.74 Å². The molecule has 0 N–H and O–H groups in total. The third-order valence-electron chi connectivity index (χ3n) is 7.05. The average molecular weight is 476 g/mol. The van der Waals surface area contributed by atoms with Crippen LogP contribution in [0, 0.1) is 5.92 Å². The third kappa shape index (κ3) is 7.70. The fourth-order valence-corrected chi connectivity index (χ4v) is 5.45. The summed E-state index contributed by atoms with van der Waals surface area (Å²) in [5.74, 6) is 2.41. The minimum absolute atomic E-state index is 0.683. The lowest BCUT2D eigenvalue weighted by atomic mass is 9.77. The zero-order chi connectivity index (χ0) is 22.8. The Kier molecular flexibility index (Phi) is 10.7. The molecule has 0 atom stereocenters. The number of ether oxygens (including phenoxy) is 1. The second-order valence-electron chi connectivity index (χ2n) is 9.53. The summed E-state index contributed by atoms with van der Waals surface area (Å²) in [5, 5.41) is 1.61. The Hall–Kier alpha value is -1.18. The summed E-state index contributed by atoms with van der Waals surface area (Å²) in [6.07, 6.45) is 15.0. The number of rotatable bonds is 12. The van der Waals surface area contributed by atoms with Gasteiger partial charge in [0.25, 0.3) is 0 Å². The van der Waals surface area contributed by atoms with Crippen LogP contribution in [0.4, 0.5) is 0 Å². The van der Waals surface area contributed by atoms with Crippen molar-refractivity contribution in [1.82, 2.24) is 0 Å². The van der Waals surface area contributed by atoms with Crippen LogP contribution >= 0.6 is 23.2 Å². The third-order valence-corrected chi connectivity index (χ3v) is 7.69. The first-order chi connectivity index (χ1) is 15.6. The van der Waals surface area contributed by atoms with Gasteiger partial charge in [-0.25, -0.2) is 0 Å². The zero-order valence-electron chi connectivity index (χ0n) is 20.0. The van der Waals surface area contributed by atoms with E-state index in [0.717, 1.165) is 49.0 Å². The molecule has 0 unspecified atom stereocenters. The minimum atomic E-state index is 0.683. The highest BCUT2D eigenvalue weighted by Gasteiger charge is 2.22. The van der Waals surface area contributed by atoms with Crippen LogP contribution in [0.5, 0.6) is 5.75 Å². The first kappa shape index (κ1) is 25.4. The average Bonchev–Trinajstić information content (AvgIpc) is 2.80. The highest BCUT2D eigenvalue weighted by Crippen LogP contribution is 2.39. The largest absolute Gasteiger partial charge is 0.492 e. The summed E-state index contributed by atoms with van der Waals surface area (Å²) in [4.78, 5) is 0. The molecule has 1 aliphatic carbocycles. The fourth-order valence-electron chi connectivity index (χ4n) is 4.91. The van der Waals surface area contributed by atoms with Crippen molar-refractivity contribution >= 4 is 23.2 Å². The summed E-state index contributed by atoms with van der Waals surface area (Å²) in [5.41, 5.74) is 3.88. The molecular weight excluding hydrogens is 435 g/mol. The van der Waals surface area contributed by atoms with Crippen molar-refractivity contribution in [3.8, 4) is 5.75 Å². The maximum atomic E-state index is 6.71. The van der Waals surface area contributed by atoms with Crippen LogP contribution in [0.2, 0.25) is 10.0 Å². The Balaban J connectivity index is 1.50. The molecular formula is C29H40Cl2O. The summed E-state index contributed by atoms with van der Waals surface area (Å²) < 4.78 is 5.76. The number of hydrogen-bond acceptors (Lipinski definition) is 1. The molecule has 32 heavy (non-hydrogen) atoms. The van der Waals surface area contributed by atoms with E-state index in [1.54, 1.807) is 0 Å². The van der Waals surface area contributed by atoms with Gasteiger partial charge in [-0.1, -0.05) is 87.4 Å². The molecule has 1 fully saturated rings. The number of unbranched alkanes of at least 4 members (excludes halogenated alkanes) is 3. The van der Waals surface area contributed by atoms with Crippen LogP contribution in [-0.4, -0.2) is 6.61 Å². The van der Waals surface area contributed by atoms with Crippen molar-refractivity contribution in [2.45, 2.75) is 96.8 Å². The summed E-state index contributed by atoms with van der Waals surface area (Å²) >= 11 is 13.1. The molecule has 3 rings (SSSR count).